The number of hydrogen-bond donors (Lipinski definition) is 0. The Morgan fingerprint density at radius 3 is 2.78 bits per heavy atom. The SMILES string of the molecule is CCCCCCc1ccc(-c2ccc3ccnc(C4=CC(C)=NC4)c3c2)s1. The van der Waals surface area contributed by atoms with E-state index in [1.807, 2.05) is 17.5 Å². The summed E-state index contributed by atoms with van der Waals surface area (Å²) in [6, 6.07) is 13.4. The van der Waals surface area contributed by atoms with Gasteiger partial charge in [0.15, 0.2) is 0 Å². The summed E-state index contributed by atoms with van der Waals surface area (Å²) in [5, 5.41) is 2.47. The minimum atomic E-state index is 0.739. The molecule has 138 valence electrons. The highest BCUT2D eigenvalue weighted by Gasteiger charge is 2.13. The Morgan fingerprint density at radius 1 is 1.04 bits per heavy atom. The molecule has 0 bridgehead atoms. The third-order valence-corrected chi connectivity index (χ3v) is 6.37. The van der Waals surface area contributed by atoms with Gasteiger partial charge in [0.1, 0.15) is 0 Å². The van der Waals surface area contributed by atoms with Crippen LogP contribution >= 0.6 is 11.3 Å². The van der Waals surface area contributed by atoms with Crippen LogP contribution in [0.25, 0.3) is 26.8 Å². The smallest absolute Gasteiger partial charge is 0.0759 e. The van der Waals surface area contributed by atoms with Crippen molar-refractivity contribution in [1.29, 1.82) is 0 Å². The summed E-state index contributed by atoms with van der Waals surface area (Å²) >= 11 is 1.93. The summed E-state index contributed by atoms with van der Waals surface area (Å²) in [6.07, 6.45) is 10.5. The Balaban J connectivity index is 1.62. The second-order valence-electron chi connectivity index (χ2n) is 7.30. The molecular formula is C24H26N2S. The summed E-state index contributed by atoms with van der Waals surface area (Å²) in [4.78, 5) is 12.0. The van der Waals surface area contributed by atoms with E-state index >= 15 is 0 Å². The first-order valence-corrected chi connectivity index (χ1v) is 10.8. The number of benzene rings is 1. The van der Waals surface area contributed by atoms with E-state index in [2.05, 4.69) is 66.3 Å². The Morgan fingerprint density at radius 2 is 1.96 bits per heavy atom. The molecule has 2 nitrogen and oxygen atoms in total. The maximum Gasteiger partial charge on any atom is 0.0759 e. The van der Waals surface area contributed by atoms with Crippen LogP contribution < -0.4 is 0 Å². The molecule has 0 fully saturated rings. The van der Waals surface area contributed by atoms with Crippen molar-refractivity contribution in [3.05, 3.63) is 59.2 Å². The van der Waals surface area contributed by atoms with Crippen LogP contribution in [0, 0.1) is 0 Å². The fourth-order valence-corrected chi connectivity index (χ4v) is 4.71. The number of aromatic nitrogens is 1. The van der Waals surface area contributed by atoms with Crippen molar-refractivity contribution < 1.29 is 0 Å². The van der Waals surface area contributed by atoms with Crippen LogP contribution in [-0.2, 0) is 6.42 Å². The number of allylic oxidation sites excluding steroid dienone is 1. The largest absolute Gasteiger partial charge is 0.285 e. The van der Waals surface area contributed by atoms with E-state index in [1.165, 1.54) is 63.8 Å². The third kappa shape index (κ3) is 4.03. The van der Waals surface area contributed by atoms with E-state index < -0.39 is 0 Å². The normalized spacial score (nSPS) is 13.9. The van der Waals surface area contributed by atoms with Crippen LogP contribution in [0.1, 0.15) is 50.1 Å². The Bertz CT molecular complexity index is 1010. The molecule has 27 heavy (non-hydrogen) atoms. The van der Waals surface area contributed by atoms with Gasteiger partial charge >= 0.3 is 0 Å². The number of pyridine rings is 1. The topological polar surface area (TPSA) is 25.2 Å². The van der Waals surface area contributed by atoms with Crippen molar-refractivity contribution in [3.8, 4) is 10.4 Å². The molecule has 3 heteroatoms. The molecule has 1 aliphatic heterocycles. The average molecular weight is 375 g/mol. The lowest BCUT2D eigenvalue weighted by molar-refractivity contribution is 0.670. The highest BCUT2D eigenvalue weighted by molar-refractivity contribution is 7.15. The van der Waals surface area contributed by atoms with E-state index in [0.29, 0.717) is 0 Å². The van der Waals surface area contributed by atoms with Gasteiger partial charge < -0.3 is 0 Å². The van der Waals surface area contributed by atoms with Gasteiger partial charge in [-0.25, -0.2) is 0 Å². The summed E-state index contributed by atoms with van der Waals surface area (Å²) < 4.78 is 0. The minimum absolute atomic E-state index is 0.739. The third-order valence-electron chi connectivity index (χ3n) is 5.18. The standard InChI is InChI=1S/C24H26N2S/c1-3-4-5-6-7-21-10-11-23(27-21)19-9-8-18-12-13-25-24(22(18)15-19)20-14-17(2)26-16-20/h8-15H,3-7,16H2,1-2H3. The van der Waals surface area contributed by atoms with Crippen LogP contribution in [0.4, 0.5) is 0 Å². The first-order chi connectivity index (χ1) is 13.2. The predicted molar refractivity (Wildman–Crippen MR) is 119 cm³/mol. The van der Waals surface area contributed by atoms with Gasteiger partial charge in [-0.2, -0.15) is 0 Å². The maximum atomic E-state index is 4.68. The molecule has 0 amide bonds. The zero-order valence-electron chi connectivity index (χ0n) is 16.2. The van der Waals surface area contributed by atoms with Crippen LogP contribution in [0.15, 0.2) is 53.7 Å². The first kappa shape index (κ1) is 18.1. The summed E-state index contributed by atoms with van der Waals surface area (Å²) in [6.45, 7) is 5.06. The van der Waals surface area contributed by atoms with E-state index in [1.54, 1.807) is 0 Å². The van der Waals surface area contributed by atoms with Crippen LogP contribution in [0.3, 0.4) is 0 Å². The van der Waals surface area contributed by atoms with Crippen LogP contribution in [0.5, 0.6) is 0 Å². The van der Waals surface area contributed by atoms with E-state index in [0.717, 1.165) is 18.0 Å². The number of unbranched alkanes of at least 4 members (excludes halogenated alkanes) is 3. The molecule has 0 radical (unpaired) electrons. The van der Waals surface area contributed by atoms with Crippen molar-refractivity contribution in [2.75, 3.05) is 6.54 Å². The highest BCUT2D eigenvalue weighted by atomic mass is 32.1. The Kier molecular flexibility index (Phi) is 5.49. The van der Waals surface area contributed by atoms with Crippen molar-refractivity contribution in [2.24, 2.45) is 4.99 Å². The molecule has 3 heterocycles. The number of rotatable bonds is 7. The molecule has 1 aliphatic rings. The van der Waals surface area contributed by atoms with Gasteiger partial charge in [-0.05, 0) is 61.1 Å². The fourth-order valence-electron chi connectivity index (χ4n) is 3.67. The molecule has 0 N–H and O–H groups in total. The van der Waals surface area contributed by atoms with E-state index in [9.17, 15) is 0 Å². The number of nitrogens with zero attached hydrogens (tertiary/aromatic N) is 2. The van der Waals surface area contributed by atoms with Crippen molar-refractivity contribution in [2.45, 2.75) is 46.0 Å². The van der Waals surface area contributed by atoms with Gasteiger partial charge in [-0.1, -0.05) is 38.3 Å². The average Bonchev–Trinajstić information content (AvgIpc) is 3.33. The zero-order valence-corrected chi connectivity index (χ0v) is 17.0. The summed E-state index contributed by atoms with van der Waals surface area (Å²) in [7, 11) is 0. The lowest BCUT2D eigenvalue weighted by atomic mass is 10.0. The molecule has 0 aliphatic carbocycles. The number of aliphatic imine (C=N–C) groups is 1. The summed E-state index contributed by atoms with van der Waals surface area (Å²) in [5.41, 5.74) is 4.67. The molecule has 0 atom stereocenters. The lowest BCUT2D eigenvalue weighted by Gasteiger charge is -2.08. The minimum Gasteiger partial charge on any atom is -0.285 e. The van der Waals surface area contributed by atoms with Crippen molar-refractivity contribution in [1.82, 2.24) is 4.98 Å². The molecule has 0 saturated heterocycles. The fraction of sp³-hybridized carbons (Fsp3) is 0.333. The van der Waals surface area contributed by atoms with E-state index in [-0.39, 0.29) is 0 Å². The first-order valence-electron chi connectivity index (χ1n) is 9.94. The second-order valence-corrected chi connectivity index (χ2v) is 8.47. The van der Waals surface area contributed by atoms with Gasteiger partial charge in [0.05, 0.1) is 12.2 Å². The zero-order chi connectivity index (χ0) is 18.6. The van der Waals surface area contributed by atoms with Crippen LogP contribution in [-0.4, -0.2) is 17.2 Å². The monoisotopic (exact) mass is 374 g/mol. The number of fused-ring (bicyclic) bond motifs is 1. The molecule has 0 unspecified atom stereocenters. The molecule has 3 aromatic rings. The van der Waals surface area contributed by atoms with Gasteiger partial charge in [0.25, 0.3) is 0 Å². The number of thiophene rings is 1. The predicted octanol–water partition coefficient (Wildman–Crippen LogP) is 6.94. The molecule has 0 spiro atoms. The number of hydrogen-bond acceptors (Lipinski definition) is 3. The lowest BCUT2D eigenvalue weighted by Crippen LogP contribution is -1.92. The van der Waals surface area contributed by atoms with Gasteiger partial charge in [-0.3, -0.25) is 9.98 Å². The van der Waals surface area contributed by atoms with E-state index in [4.69, 9.17) is 0 Å². The Hall–Kier alpha value is -2.26. The summed E-state index contributed by atoms with van der Waals surface area (Å²) in [5.74, 6) is 0. The molecule has 2 aromatic heterocycles. The van der Waals surface area contributed by atoms with Gasteiger partial charge in [0.2, 0.25) is 0 Å². The second kappa shape index (κ2) is 8.18. The van der Waals surface area contributed by atoms with Gasteiger partial charge in [0, 0.05) is 32.6 Å². The molecular weight excluding hydrogens is 348 g/mol. The molecule has 1 aromatic carbocycles. The molecule has 0 saturated carbocycles. The van der Waals surface area contributed by atoms with Crippen molar-refractivity contribution >= 4 is 33.4 Å². The Labute approximate surface area is 165 Å². The van der Waals surface area contributed by atoms with Crippen LogP contribution in [0.2, 0.25) is 0 Å². The molecule has 4 rings (SSSR count). The van der Waals surface area contributed by atoms with Gasteiger partial charge in [-0.15, -0.1) is 11.3 Å². The number of aryl methyl sites for hydroxylation is 1. The van der Waals surface area contributed by atoms with Crippen molar-refractivity contribution in [3.63, 3.8) is 0 Å². The quantitative estimate of drug-likeness (QED) is 0.411. The highest BCUT2D eigenvalue weighted by Crippen LogP contribution is 2.33. The maximum absolute atomic E-state index is 4.68.